The van der Waals surface area contributed by atoms with Crippen LogP contribution in [-0.2, 0) is 4.79 Å². The van der Waals surface area contributed by atoms with E-state index in [9.17, 15) is 4.79 Å². The van der Waals surface area contributed by atoms with Gasteiger partial charge in [0.25, 0.3) is 5.91 Å². The first-order chi connectivity index (χ1) is 12.0. The highest BCUT2D eigenvalue weighted by atomic mass is 16.5. The Kier molecular flexibility index (Phi) is 6.69. The summed E-state index contributed by atoms with van der Waals surface area (Å²) >= 11 is 0. The SMILES string of the molecule is COc1cccc(OC(C)C(=O)NCCOc2cccc(C)c2C)c1. The second-order valence-corrected chi connectivity index (χ2v) is 5.78. The molecule has 1 atom stereocenters. The lowest BCUT2D eigenvalue weighted by atomic mass is 10.1. The van der Waals surface area contributed by atoms with Gasteiger partial charge in [-0.2, -0.15) is 0 Å². The smallest absolute Gasteiger partial charge is 0.260 e. The molecule has 2 rings (SSSR count). The molecular weight excluding hydrogens is 318 g/mol. The maximum atomic E-state index is 12.1. The monoisotopic (exact) mass is 343 g/mol. The summed E-state index contributed by atoms with van der Waals surface area (Å²) in [5, 5.41) is 2.82. The summed E-state index contributed by atoms with van der Waals surface area (Å²) in [5.41, 5.74) is 2.30. The molecule has 0 spiro atoms. The minimum Gasteiger partial charge on any atom is -0.497 e. The van der Waals surface area contributed by atoms with Gasteiger partial charge in [-0.25, -0.2) is 0 Å². The van der Waals surface area contributed by atoms with Crippen molar-refractivity contribution in [3.8, 4) is 17.2 Å². The Labute approximate surface area is 148 Å². The number of aryl methyl sites for hydroxylation is 1. The van der Waals surface area contributed by atoms with Crippen LogP contribution in [0.4, 0.5) is 0 Å². The van der Waals surface area contributed by atoms with Crippen LogP contribution in [0.25, 0.3) is 0 Å². The van der Waals surface area contributed by atoms with Gasteiger partial charge in [0.2, 0.25) is 0 Å². The summed E-state index contributed by atoms with van der Waals surface area (Å²) in [6.07, 6.45) is -0.604. The number of carbonyl (C=O) groups excluding carboxylic acids is 1. The molecule has 2 aromatic rings. The summed E-state index contributed by atoms with van der Waals surface area (Å²) in [6.45, 7) is 6.59. The lowest BCUT2D eigenvalue weighted by molar-refractivity contribution is -0.127. The van der Waals surface area contributed by atoms with E-state index in [2.05, 4.69) is 5.32 Å². The molecule has 0 fully saturated rings. The average Bonchev–Trinajstić information content (AvgIpc) is 2.62. The van der Waals surface area contributed by atoms with Crippen molar-refractivity contribution in [3.05, 3.63) is 53.6 Å². The molecule has 134 valence electrons. The normalized spacial score (nSPS) is 11.5. The van der Waals surface area contributed by atoms with Crippen molar-refractivity contribution in [2.45, 2.75) is 26.9 Å². The number of rotatable bonds is 8. The van der Waals surface area contributed by atoms with E-state index in [4.69, 9.17) is 14.2 Å². The second-order valence-electron chi connectivity index (χ2n) is 5.78. The van der Waals surface area contributed by atoms with Gasteiger partial charge >= 0.3 is 0 Å². The highest BCUT2D eigenvalue weighted by molar-refractivity contribution is 5.80. The van der Waals surface area contributed by atoms with Crippen molar-refractivity contribution in [1.82, 2.24) is 5.32 Å². The van der Waals surface area contributed by atoms with Crippen molar-refractivity contribution in [1.29, 1.82) is 0 Å². The maximum Gasteiger partial charge on any atom is 0.260 e. The molecule has 0 saturated carbocycles. The number of hydrogen-bond acceptors (Lipinski definition) is 4. The van der Waals surface area contributed by atoms with Crippen molar-refractivity contribution in [2.24, 2.45) is 0 Å². The maximum absolute atomic E-state index is 12.1. The van der Waals surface area contributed by atoms with Gasteiger partial charge in [-0.05, 0) is 50.1 Å². The molecule has 0 aromatic heterocycles. The summed E-state index contributed by atoms with van der Waals surface area (Å²) in [7, 11) is 1.59. The lowest BCUT2D eigenvalue weighted by Gasteiger charge is -2.16. The molecular formula is C20H25NO4. The molecule has 1 amide bonds. The Morgan fingerprint density at radius 1 is 1.12 bits per heavy atom. The Morgan fingerprint density at radius 2 is 1.84 bits per heavy atom. The molecule has 0 aliphatic heterocycles. The van der Waals surface area contributed by atoms with E-state index in [-0.39, 0.29) is 5.91 Å². The average molecular weight is 343 g/mol. The highest BCUT2D eigenvalue weighted by Gasteiger charge is 2.14. The van der Waals surface area contributed by atoms with Crippen LogP contribution in [0.1, 0.15) is 18.1 Å². The zero-order chi connectivity index (χ0) is 18.2. The van der Waals surface area contributed by atoms with Gasteiger partial charge in [-0.15, -0.1) is 0 Å². The van der Waals surface area contributed by atoms with Gasteiger partial charge in [0.05, 0.1) is 13.7 Å². The Hall–Kier alpha value is -2.69. The van der Waals surface area contributed by atoms with Crippen LogP contribution in [0.3, 0.4) is 0 Å². The van der Waals surface area contributed by atoms with Crippen molar-refractivity contribution in [3.63, 3.8) is 0 Å². The highest BCUT2D eigenvalue weighted by Crippen LogP contribution is 2.21. The fraction of sp³-hybridized carbons (Fsp3) is 0.350. The standard InChI is InChI=1S/C20H25NO4/c1-14-7-5-10-19(15(14)2)24-12-11-21-20(22)16(3)25-18-9-6-8-17(13-18)23-4/h5-10,13,16H,11-12H2,1-4H3,(H,21,22). The molecule has 25 heavy (non-hydrogen) atoms. The Morgan fingerprint density at radius 3 is 2.60 bits per heavy atom. The van der Waals surface area contributed by atoms with E-state index in [0.717, 1.165) is 11.3 Å². The molecule has 0 saturated heterocycles. The summed E-state index contributed by atoms with van der Waals surface area (Å²) in [5.74, 6) is 1.93. The minimum absolute atomic E-state index is 0.188. The van der Waals surface area contributed by atoms with Crippen LogP contribution < -0.4 is 19.5 Å². The molecule has 2 aromatic carbocycles. The molecule has 0 aliphatic carbocycles. The first-order valence-corrected chi connectivity index (χ1v) is 8.28. The van der Waals surface area contributed by atoms with Crippen molar-refractivity contribution in [2.75, 3.05) is 20.3 Å². The van der Waals surface area contributed by atoms with E-state index in [0.29, 0.717) is 24.7 Å². The van der Waals surface area contributed by atoms with Crippen LogP contribution in [0.5, 0.6) is 17.2 Å². The van der Waals surface area contributed by atoms with Gasteiger partial charge in [0, 0.05) is 6.07 Å². The Bertz CT molecular complexity index is 715. The van der Waals surface area contributed by atoms with E-state index in [1.807, 2.05) is 44.2 Å². The predicted octanol–water partition coefficient (Wildman–Crippen LogP) is 3.27. The van der Waals surface area contributed by atoms with Crippen molar-refractivity contribution >= 4 is 5.91 Å². The number of benzene rings is 2. The largest absolute Gasteiger partial charge is 0.497 e. The second kappa shape index (κ2) is 8.97. The number of ether oxygens (including phenoxy) is 3. The number of nitrogens with one attached hydrogen (secondary N) is 1. The Balaban J connectivity index is 1.76. The first-order valence-electron chi connectivity index (χ1n) is 8.28. The van der Waals surface area contributed by atoms with Gasteiger partial charge in [0.1, 0.15) is 23.9 Å². The quantitative estimate of drug-likeness (QED) is 0.748. The zero-order valence-electron chi connectivity index (χ0n) is 15.2. The van der Waals surface area contributed by atoms with Crippen LogP contribution in [0.2, 0.25) is 0 Å². The van der Waals surface area contributed by atoms with E-state index in [1.54, 1.807) is 26.2 Å². The molecule has 0 aliphatic rings. The van der Waals surface area contributed by atoms with Crippen molar-refractivity contribution < 1.29 is 19.0 Å². The van der Waals surface area contributed by atoms with Gasteiger partial charge in [0.15, 0.2) is 6.10 Å². The fourth-order valence-corrected chi connectivity index (χ4v) is 2.29. The molecule has 0 heterocycles. The summed E-state index contributed by atoms with van der Waals surface area (Å²) in [4.78, 5) is 12.1. The first kappa shape index (κ1) is 18.6. The van der Waals surface area contributed by atoms with Gasteiger partial charge < -0.3 is 19.5 Å². The minimum atomic E-state index is -0.604. The summed E-state index contributed by atoms with van der Waals surface area (Å²) in [6, 6.07) is 13.1. The van der Waals surface area contributed by atoms with E-state index in [1.165, 1.54) is 5.56 Å². The van der Waals surface area contributed by atoms with Crippen LogP contribution in [0, 0.1) is 13.8 Å². The zero-order valence-corrected chi connectivity index (χ0v) is 15.2. The van der Waals surface area contributed by atoms with E-state index >= 15 is 0 Å². The molecule has 1 unspecified atom stereocenters. The fourth-order valence-electron chi connectivity index (χ4n) is 2.29. The molecule has 1 N–H and O–H groups in total. The number of amides is 1. The van der Waals surface area contributed by atoms with Gasteiger partial charge in [-0.1, -0.05) is 18.2 Å². The topological polar surface area (TPSA) is 56.8 Å². The number of methoxy groups -OCH3 is 1. The third-order valence-corrected chi connectivity index (χ3v) is 3.94. The van der Waals surface area contributed by atoms with Gasteiger partial charge in [-0.3, -0.25) is 4.79 Å². The third kappa shape index (κ3) is 5.41. The van der Waals surface area contributed by atoms with E-state index < -0.39 is 6.10 Å². The van der Waals surface area contributed by atoms with Crippen LogP contribution in [0.15, 0.2) is 42.5 Å². The van der Waals surface area contributed by atoms with Crippen LogP contribution >= 0.6 is 0 Å². The molecule has 5 nitrogen and oxygen atoms in total. The predicted molar refractivity (Wildman–Crippen MR) is 97.5 cm³/mol. The molecule has 0 bridgehead atoms. The summed E-state index contributed by atoms with van der Waals surface area (Å²) < 4.78 is 16.5. The lowest BCUT2D eigenvalue weighted by Crippen LogP contribution is -2.38. The third-order valence-electron chi connectivity index (χ3n) is 3.94. The van der Waals surface area contributed by atoms with Crippen LogP contribution in [-0.4, -0.2) is 32.3 Å². The number of hydrogen-bond donors (Lipinski definition) is 1. The number of carbonyl (C=O) groups is 1. The molecule has 5 heteroatoms. The molecule has 0 radical (unpaired) electrons.